The molecule has 2 aromatic heterocycles. The summed E-state index contributed by atoms with van der Waals surface area (Å²) >= 11 is 0. The van der Waals surface area contributed by atoms with Crippen LogP contribution >= 0.6 is 0 Å². The largest absolute Gasteiger partial charge is 0.369 e. The van der Waals surface area contributed by atoms with Crippen molar-refractivity contribution >= 4 is 16.6 Å². The van der Waals surface area contributed by atoms with Crippen molar-refractivity contribution in [3.05, 3.63) is 81.9 Å². The number of rotatable bonds is 4. The van der Waals surface area contributed by atoms with Crippen LogP contribution in [-0.2, 0) is 5.54 Å². The third-order valence-electron chi connectivity index (χ3n) is 6.59. The van der Waals surface area contributed by atoms with E-state index in [2.05, 4.69) is 75.3 Å². The quantitative estimate of drug-likeness (QED) is 0.505. The topological polar surface area (TPSA) is 82.9 Å². The maximum atomic E-state index is 13.4. The molecule has 8 heteroatoms. The summed E-state index contributed by atoms with van der Waals surface area (Å²) in [5, 5.41) is 13.8. The van der Waals surface area contributed by atoms with Crippen LogP contribution in [0, 0.1) is 6.92 Å². The minimum absolute atomic E-state index is 0.0965. The van der Waals surface area contributed by atoms with Crippen LogP contribution in [0.5, 0.6) is 0 Å². The first-order chi connectivity index (χ1) is 16.3. The van der Waals surface area contributed by atoms with Gasteiger partial charge in [0.25, 0.3) is 5.56 Å². The number of anilines is 1. The van der Waals surface area contributed by atoms with Gasteiger partial charge in [-0.3, -0.25) is 9.69 Å². The Kier molecular flexibility index (Phi) is 5.69. The normalized spacial score (nSPS) is 16.2. The van der Waals surface area contributed by atoms with Crippen LogP contribution in [0.1, 0.15) is 43.8 Å². The number of aromatic nitrogens is 5. The summed E-state index contributed by atoms with van der Waals surface area (Å²) in [7, 11) is 0. The predicted octanol–water partition coefficient (Wildman–Crippen LogP) is 3.49. The molecule has 8 nitrogen and oxygen atoms in total. The monoisotopic (exact) mass is 457 g/mol. The zero-order chi connectivity index (χ0) is 23.9. The molecule has 0 aliphatic carbocycles. The Hall–Kier alpha value is -3.52. The van der Waals surface area contributed by atoms with Crippen LogP contribution in [0.4, 0.5) is 5.69 Å². The van der Waals surface area contributed by atoms with Crippen LogP contribution in [0.25, 0.3) is 10.9 Å². The fraction of sp³-hybridized carbons (Fsp3) is 0.385. The molecule has 2 aromatic carbocycles. The minimum atomic E-state index is -0.346. The number of nitrogens with zero attached hydrogens (tertiary/aromatic N) is 6. The van der Waals surface area contributed by atoms with Gasteiger partial charge < -0.3 is 9.88 Å². The van der Waals surface area contributed by atoms with Gasteiger partial charge in [-0.15, -0.1) is 5.10 Å². The number of nitrogens with one attached hydrogen (secondary N) is 1. The summed E-state index contributed by atoms with van der Waals surface area (Å²) in [6, 6.07) is 18.2. The zero-order valence-electron chi connectivity index (χ0n) is 20.2. The molecule has 176 valence electrons. The smallest absolute Gasteiger partial charge is 0.253 e. The maximum absolute atomic E-state index is 13.4. The summed E-state index contributed by atoms with van der Waals surface area (Å²) in [6.45, 7) is 11.5. The van der Waals surface area contributed by atoms with Gasteiger partial charge in [0.2, 0.25) is 0 Å². The lowest BCUT2D eigenvalue weighted by Crippen LogP contribution is -2.49. The molecule has 1 atom stereocenters. The van der Waals surface area contributed by atoms with Crippen molar-refractivity contribution in [3.63, 3.8) is 0 Å². The average molecular weight is 458 g/mol. The van der Waals surface area contributed by atoms with Gasteiger partial charge in [0.05, 0.1) is 11.1 Å². The number of para-hydroxylation sites is 2. The average Bonchev–Trinajstić information content (AvgIpc) is 3.32. The molecule has 34 heavy (non-hydrogen) atoms. The molecule has 0 bridgehead atoms. The van der Waals surface area contributed by atoms with Crippen LogP contribution in [-0.4, -0.2) is 56.3 Å². The summed E-state index contributed by atoms with van der Waals surface area (Å²) in [4.78, 5) is 21.3. The Morgan fingerprint density at radius 2 is 1.71 bits per heavy atom. The van der Waals surface area contributed by atoms with Crippen molar-refractivity contribution in [3.8, 4) is 0 Å². The molecule has 4 aromatic rings. The first-order valence-corrected chi connectivity index (χ1v) is 11.8. The lowest BCUT2D eigenvalue weighted by Gasteiger charge is -2.40. The van der Waals surface area contributed by atoms with Crippen LogP contribution < -0.4 is 10.5 Å². The number of aryl methyl sites for hydroxylation is 1. The van der Waals surface area contributed by atoms with Gasteiger partial charge in [-0.1, -0.05) is 36.4 Å². The zero-order valence-corrected chi connectivity index (χ0v) is 20.2. The highest BCUT2D eigenvalue weighted by Crippen LogP contribution is 2.31. The molecule has 1 N–H and O–H groups in total. The van der Waals surface area contributed by atoms with Gasteiger partial charge in [0.1, 0.15) is 6.04 Å². The fourth-order valence-electron chi connectivity index (χ4n) is 4.82. The Bertz CT molecular complexity index is 1350. The highest BCUT2D eigenvalue weighted by Gasteiger charge is 2.35. The molecular weight excluding hydrogens is 426 g/mol. The number of pyridine rings is 1. The van der Waals surface area contributed by atoms with Gasteiger partial charge >= 0.3 is 0 Å². The third-order valence-corrected chi connectivity index (χ3v) is 6.59. The van der Waals surface area contributed by atoms with Gasteiger partial charge in [0.15, 0.2) is 5.82 Å². The van der Waals surface area contributed by atoms with Crippen molar-refractivity contribution in [1.82, 2.24) is 30.1 Å². The van der Waals surface area contributed by atoms with E-state index in [0.29, 0.717) is 11.4 Å². The Morgan fingerprint density at radius 3 is 2.41 bits per heavy atom. The third kappa shape index (κ3) is 4.09. The molecule has 1 aliphatic rings. The molecule has 1 unspecified atom stereocenters. The van der Waals surface area contributed by atoms with Crippen LogP contribution in [0.2, 0.25) is 0 Å². The van der Waals surface area contributed by atoms with Gasteiger partial charge in [-0.05, 0) is 67.3 Å². The summed E-state index contributed by atoms with van der Waals surface area (Å²) < 4.78 is 1.85. The highest BCUT2D eigenvalue weighted by atomic mass is 16.1. The van der Waals surface area contributed by atoms with E-state index < -0.39 is 0 Å². The van der Waals surface area contributed by atoms with E-state index in [-0.39, 0.29) is 17.1 Å². The molecule has 0 saturated carbocycles. The SMILES string of the molecule is Cc1cccc2cc(C(c3nnnn3C(C)(C)C)N3CCN(c4ccccc4)CC3)c(=O)[nH]c12. The number of H-pyrrole nitrogens is 1. The van der Waals surface area contributed by atoms with Gasteiger partial charge in [0, 0.05) is 37.4 Å². The molecule has 1 fully saturated rings. The molecule has 0 amide bonds. The molecule has 1 saturated heterocycles. The van der Waals surface area contributed by atoms with E-state index >= 15 is 0 Å². The molecule has 0 spiro atoms. The summed E-state index contributed by atoms with van der Waals surface area (Å²) in [5.74, 6) is 0.693. The number of tetrazole rings is 1. The van der Waals surface area contributed by atoms with Crippen molar-refractivity contribution in [2.75, 3.05) is 31.1 Å². The van der Waals surface area contributed by atoms with Crippen molar-refractivity contribution in [2.45, 2.75) is 39.3 Å². The highest BCUT2D eigenvalue weighted by molar-refractivity contribution is 5.82. The second-order valence-corrected chi connectivity index (χ2v) is 9.97. The molecule has 5 rings (SSSR count). The van der Waals surface area contributed by atoms with E-state index in [4.69, 9.17) is 0 Å². The Balaban J connectivity index is 1.57. The van der Waals surface area contributed by atoms with Crippen molar-refractivity contribution in [1.29, 1.82) is 0 Å². The minimum Gasteiger partial charge on any atom is -0.369 e. The van der Waals surface area contributed by atoms with Crippen molar-refractivity contribution in [2.24, 2.45) is 0 Å². The number of aromatic amines is 1. The van der Waals surface area contributed by atoms with E-state index in [1.165, 1.54) is 5.69 Å². The summed E-state index contributed by atoms with van der Waals surface area (Å²) in [6.07, 6.45) is 0. The van der Waals surface area contributed by atoms with Crippen LogP contribution in [0.3, 0.4) is 0 Å². The van der Waals surface area contributed by atoms with E-state index in [9.17, 15) is 4.79 Å². The number of benzene rings is 2. The fourth-order valence-corrected chi connectivity index (χ4v) is 4.82. The van der Waals surface area contributed by atoms with Gasteiger partial charge in [-0.2, -0.15) is 0 Å². The van der Waals surface area contributed by atoms with Gasteiger partial charge in [-0.25, -0.2) is 4.68 Å². The molecule has 3 heterocycles. The second kappa shape index (κ2) is 8.68. The lowest BCUT2D eigenvalue weighted by atomic mass is 10.00. The first-order valence-electron chi connectivity index (χ1n) is 11.8. The Morgan fingerprint density at radius 1 is 0.971 bits per heavy atom. The predicted molar refractivity (Wildman–Crippen MR) is 134 cm³/mol. The number of fused-ring (bicyclic) bond motifs is 1. The first kappa shape index (κ1) is 22.3. The molecule has 1 aliphatic heterocycles. The van der Waals surface area contributed by atoms with Crippen molar-refractivity contribution < 1.29 is 0 Å². The Labute approximate surface area is 199 Å². The molecule has 0 radical (unpaired) electrons. The van der Waals surface area contributed by atoms with Crippen LogP contribution in [0.15, 0.2) is 59.4 Å². The number of piperazine rings is 1. The van der Waals surface area contributed by atoms with E-state index in [1.807, 2.05) is 41.9 Å². The lowest BCUT2D eigenvalue weighted by molar-refractivity contribution is 0.190. The molecular formula is C26H31N7O. The summed E-state index contributed by atoms with van der Waals surface area (Å²) in [5.41, 5.74) is 3.40. The number of hydrogen-bond acceptors (Lipinski definition) is 6. The van der Waals surface area contributed by atoms with E-state index in [0.717, 1.165) is 42.6 Å². The second-order valence-electron chi connectivity index (χ2n) is 9.97. The number of hydrogen-bond donors (Lipinski definition) is 1. The van der Waals surface area contributed by atoms with E-state index in [1.54, 1.807) is 0 Å². The standard InChI is InChI=1S/C26H31N7O/c1-18-9-8-10-19-17-21(25(34)27-22(18)19)23(24-28-29-30-33(24)26(2,3)4)32-15-13-31(14-16-32)20-11-6-5-7-12-20/h5-12,17,23H,13-16H2,1-4H3,(H,27,34). The maximum Gasteiger partial charge on any atom is 0.253 e.